The van der Waals surface area contributed by atoms with E-state index in [2.05, 4.69) is 15.9 Å². The average molecular weight is 540 g/mol. The van der Waals surface area contributed by atoms with Crippen LogP contribution in [0.5, 0.6) is 5.75 Å². The summed E-state index contributed by atoms with van der Waals surface area (Å²) in [6.07, 6.45) is 1.86. The second-order valence-electron chi connectivity index (χ2n) is 7.85. The summed E-state index contributed by atoms with van der Waals surface area (Å²) in [5, 5.41) is 0. The summed E-state index contributed by atoms with van der Waals surface area (Å²) in [7, 11) is 1.60. The number of hydrogen-bond donors (Lipinski definition) is 0. The Morgan fingerprint density at radius 3 is 2.50 bits per heavy atom. The monoisotopic (exact) mass is 539 g/mol. The highest BCUT2D eigenvalue weighted by molar-refractivity contribution is 9.10. The fourth-order valence-electron chi connectivity index (χ4n) is 4.17. The van der Waals surface area contributed by atoms with Gasteiger partial charge in [0.25, 0.3) is 11.5 Å². The van der Waals surface area contributed by atoms with Gasteiger partial charge in [0, 0.05) is 23.1 Å². The molecule has 0 unspecified atom stereocenters. The van der Waals surface area contributed by atoms with Crippen molar-refractivity contribution in [2.24, 2.45) is 4.99 Å². The third-order valence-electron chi connectivity index (χ3n) is 5.90. The van der Waals surface area contributed by atoms with Gasteiger partial charge in [-0.1, -0.05) is 57.6 Å². The number of nitrogens with zero attached hydrogens (tertiary/aromatic N) is 3. The van der Waals surface area contributed by atoms with E-state index in [9.17, 15) is 9.59 Å². The van der Waals surface area contributed by atoms with Gasteiger partial charge in [0.1, 0.15) is 11.8 Å². The first-order chi connectivity index (χ1) is 16.4. The summed E-state index contributed by atoms with van der Waals surface area (Å²) < 4.78 is 8.81. The number of allylic oxidation sites excluding steroid dienone is 1. The molecule has 0 radical (unpaired) electrons. The van der Waals surface area contributed by atoms with Crippen LogP contribution in [0.25, 0.3) is 6.08 Å². The van der Waals surface area contributed by atoms with Gasteiger partial charge in [-0.2, -0.15) is 0 Å². The normalized spacial score (nSPS) is 15.7. The largest absolute Gasteiger partial charge is 0.496 e. The molecule has 1 aromatic heterocycles. The summed E-state index contributed by atoms with van der Waals surface area (Å²) in [6, 6.07) is 14.7. The molecule has 0 saturated heterocycles. The lowest BCUT2D eigenvalue weighted by Gasteiger charge is -2.29. The first-order valence-corrected chi connectivity index (χ1v) is 12.7. The Balaban J connectivity index is 1.99. The highest BCUT2D eigenvalue weighted by Crippen LogP contribution is 2.35. The first-order valence-electron chi connectivity index (χ1n) is 11.1. The highest BCUT2D eigenvalue weighted by Gasteiger charge is 2.35. The standard InChI is InChI=1S/C26H26BrN3O3S/c1-5-29(6-2)25(32)22-16(3)28-26-30(23(22)19-9-7-8-10-20(19)33-4)24(31)21(34-26)15-17-11-13-18(27)14-12-17/h7-15,23H,5-6H2,1-4H3/b21-15+/t23-/m1/s1. The van der Waals surface area contributed by atoms with Crippen LogP contribution >= 0.6 is 27.3 Å². The lowest BCUT2D eigenvalue weighted by Crippen LogP contribution is -2.43. The summed E-state index contributed by atoms with van der Waals surface area (Å²) in [5.74, 6) is 0.499. The molecule has 2 heterocycles. The molecule has 0 N–H and O–H groups in total. The van der Waals surface area contributed by atoms with Gasteiger partial charge >= 0.3 is 0 Å². The molecule has 8 heteroatoms. The van der Waals surface area contributed by atoms with E-state index in [-0.39, 0.29) is 11.5 Å². The molecule has 34 heavy (non-hydrogen) atoms. The van der Waals surface area contributed by atoms with Crippen molar-refractivity contribution in [2.45, 2.75) is 26.8 Å². The predicted molar refractivity (Wildman–Crippen MR) is 139 cm³/mol. The Morgan fingerprint density at radius 1 is 1.18 bits per heavy atom. The number of thiazole rings is 1. The molecule has 176 valence electrons. The fourth-order valence-corrected chi connectivity index (χ4v) is 5.48. The minimum atomic E-state index is -0.632. The van der Waals surface area contributed by atoms with Crippen LogP contribution in [-0.4, -0.2) is 35.6 Å². The Labute approximate surface area is 210 Å². The number of fused-ring (bicyclic) bond motifs is 1. The number of rotatable bonds is 6. The molecule has 1 aliphatic rings. The van der Waals surface area contributed by atoms with E-state index in [1.54, 1.807) is 16.6 Å². The Hall–Kier alpha value is -2.97. The second-order valence-corrected chi connectivity index (χ2v) is 9.78. The predicted octanol–water partition coefficient (Wildman–Crippen LogP) is 3.87. The molecule has 4 rings (SSSR count). The SMILES string of the molecule is CCN(CC)C(=O)C1=C(C)N=c2s/c(=C/c3ccc(Br)cc3)c(=O)n2[C@@H]1c1ccccc1OC. The molecular formula is C26H26BrN3O3S. The molecular weight excluding hydrogens is 514 g/mol. The van der Waals surface area contributed by atoms with Crippen LogP contribution in [0.2, 0.25) is 0 Å². The number of methoxy groups -OCH3 is 1. The lowest BCUT2D eigenvalue weighted by molar-refractivity contribution is -0.127. The van der Waals surface area contributed by atoms with Gasteiger partial charge in [-0.3, -0.25) is 14.2 Å². The quantitative estimate of drug-likeness (QED) is 0.477. The Morgan fingerprint density at radius 2 is 1.85 bits per heavy atom. The van der Waals surface area contributed by atoms with Crippen molar-refractivity contribution in [3.8, 4) is 5.75 Å². The summed E-state index contributed by atoms with van der Waals surface area (Å²) in [6.45, 7) is 6.87. The van der Waals surface area contributed by atoms with Crippen LogP contribution in [0, 0.1) is 0 Å². The fraction of sp³-hybridized carbons (Fsp3) is 0.269. The molecule has 0 aliphatic carbocycles. The number of hydrogen-bond acceptors (Lipinski definition) is 5. The number of likely N-dealkylation sites (N-methyl/N-ethyl adjacent to an activating group) is 1. The maximum absolute atomic E-state index is 13.7. The Bertz CT molecular complexity index is 1430. The van der Waals surface area contributed by atoms with E-state index in [4.69, 9.17) is 9.73 Å². The zero-order valence-corrected chi connectivity index (χ0v) is 21.9. The summed E-state index contributed by atoms with van der Waals surface area (Å²) >= 11 is 4.77. The Kier molecular flexibility index (Phi) is 7.19. The molecule has 0 fully saturated rings. The van der Waals surface area contributed by atoms with Gasteiger partial charge in [0.05, 0.1) is 22.9 Å². The molecule has 1 aliphatic heterocycles. The molecule has 0 spiro atoms. The van der Waals surface area contributed by atoms with Gasteiger partial charge < -0.3 is 9.64 Å². The zero-order valence-electron chi connectivity index (χ0n) is 19.5. The second kappa shape index (κ2) is 10.1. The highest BCUT2D eigenvalue weighted by atomic mass is 79.9. The van der Waals surface area contributed by atoms with Gasteiger partial charge in [-0.15, -0.1) is 0 Å². The van der Waals surface area contributed by atoms with Crippen molar-refractivity contribution in [3.05, 3.63) is 95.1 Å². The van der Waals surface area contributed by atoms with E-state index in [0.29, 0.717) is 39.4 Å². The van der Waals surface area contributed by atoms with Crippen LogP contribution < -0.4 is 19.6 Å². The lowest BCUT2D eigenvalue weighted by atomic mass is 9.94. The van der Waals surface area contributed by atoms with Crippen LogP contribution in [0.3, 0.4) is 0 Å². The van der Waals surface area contributed by atoms with Gasteiger partial charge in [0.15, 0.2) is 4.80 Å². The zero-order chi connectivity index (χ0) is 24.4. The molecule has 0 saturated carbocycles. The van der Waals surface area contributed by atoms with Crippen molar-refractivity contribution >= 4 is 39.2 Å². The van der Waals surface area contributed by atoms with E-state index in [1.165, 1.54) is 11.3 Å². The van der Waals surface area contributed by atoms with E-state index >= 15 is 0 Å². The van der Waals surface area contributed by atoms with E-state index < -0.39 is 6.04 Å². The van der Waals surface area contributed by atoms with Gasteiger partial charge in [0.2, 0.25) is 0 Å². The summed E-state index contributed by atoms with van der Waals surface area (Å²) in [5.41, 5.74) is 2.60. The maximum atomic E-state index is 13.7. The molecule has 0 bridgehead atoms. The molecule has 2 aromatic carbocycles. The third kappa shape index (κ3) is 4.40. The smallest absolute Gasteiger partial charge is 0.271 e. The average Bonchev–Trinajstić information content (AvgIpc) is 3.14. The number of ether oxygens (including phenoxy) is 1. The maximum Gasteiger partial charge on any atom is 0.271 e. The number of benzene rings is 2. The van der Waals surface area contributed by atoms with Crippen LogP contribution in [0.4, 0.5) is 0 Å². The number of para-hydroxylation sites is 1. The van der Waals surface area contributed by atoms with Crippen molar-refractivity contribution < 1.29 is 9.53 Å². The first kappa shape index (κ1) is 24.2. The van der Waals surface area contributed by atoms with Crippen molar-refractivity contribution in [2.75, 3.05) is 20.2 Å². The number of aromatic nitrogens is 1. The van der Waals surface area contributed by atoms with E-state index in [1.807, 2.05) is 75.4 Å². The van der Waals surface area contributed by atoms with Crippen molar-refractivity contribution in [1.82, 2.24) is 9.47 Å². The minimum Gasteiger partial charge on any atom is -0.496 e. The van der Waals surface area contributed by atoms with Crippen LogP contribution in [0.15, 0.2) is 74.1 Å². The summed E-state index contributed by atoms with van der Waals surface area (Å²) in [4.78, 5) is 34.4. The third-order valence-corrected chi connectivity index (χ3v) is 7.42. The number of carbonyl (C=O) groups excluding carboxylic acids is 1. The van der Waals surface area contributed by atoms with Gasteiger partial charge in [-0.25, -0.2) is 4.99 Å². The van der Waals surface area contributed by atoms with Crippen LogP contribution in [-0.2, 0) is 4.79 Å². The van der Waals surface area contributed by atoms with Crippen molar-refractivity contribution in [3.63, 3.8) is 0 Å². The molecule has 1 atom stereocenters. The molecule has 1 amide bonds. The van der Waals surface area contributed by atoms with Crippen LogP contribution in [0.1, 0.15) is 37.9 Å². The molecule has 6 nitrogen and oxygen atoms in total. The topological polar surface area (TPSA) is 63.9 Å². The van der Waals surface area contributed by atoms with Crippen molar-refractivity contribution in [1.29, 1.82) is 0 Å². The minimum absolute atomic E-state index is 0.121. The number of carbonyl (C=O) groups is 1. The van der Waals surface area contributed by atoms with E-state index in [0.717, 1.165) is 15.6 Å². The number of halogens is 1. The number of amides is 1. The molecule has 3 aromatic rings. The van der Waals surface area contributed by atoms with Gasteiger partial charge in [-0.05, 0) is 50.6 Å².